The first-order chi connectivity index (χ1) is 11.9. The van der Waals surface area contributed by atoms with Crippen molar-refractivity contribution in [1.29, 1.82) is 0 Å². The van der Waals surface area contributed by atoms with Crippen molar-refractivity contribution < 1.29 is 19.4 Å². The number of aliphatic carboxylic acids is 1. The number of fused-ring (bicyclic) bond motifs is 1. The van der Waals surface area contributed by atoms with Crippen molar-refractivity contribution in [3.8, 4) is 5.75 Å². The first-order valence-electron chi connectivity index (χ1n) is 8.48. The molecule has 0 radical (unpaired) electrons. The second kappa shape index (κ2) is 6.75. The maximum atomic E-state index is 12.5. The standard InChI is InChI=1S/C20H23NO4/c1-21(18(22)12-20(19(23)24)8-3-9-20)13-14-4-5-16-11-17(25-2)7-6-15(16)10-14/h4-7,10-11H,3,8-9,12-13H2,1-2H3,(H,23,24). The van der Waals surface area contributed by atoms with Crippen molar-refractivity contribution in [3.63, 3.8) is 0 Å². The van der Waals surface area contributed by atoms with E-state index in [0.717, 1.165) is 28.5 Å². The molecular weight excluding hydrogens is 318 g/mol. The molecule has 5 nitrogen and oxygen atoms in total. The lowest BCUT2D eigenvalue weighted by Crippen LogP contribution is -2.42. The fraction of sp³-hybridized carbons (Fsp3) is 0.400. The van der Waals surface area contributed by atoms with Crippen LogP contribution in [-0.4, -0.2) is 36.0 Å². The first kappa shape index (κ1) is 17.3. The number of carboxylic acids is 1. The van der Waals surface area contributed by atoms with Gasteiger partial charge in [0.25, 0.3) is 0 Å². The van der Waals surface area contributed by atoms with Crippen LogP contribution in [0, 0.1) is 5.41 Å². The molecule has 0 unspecified atom stereocenters. The third-order valence-corrected chi connectivity index (χ3v) is 5.21. The summed E-state index contributed by atoms with van der Waals surface area (Å²) in [6.07, 6.45) is 2.17. The highest BCUT2D eigenvalue weighted by atomic mass is 16.5. The number of benzene rings is 2. The van der Waals surface area contributed by atoms with Gasteiger partial charge in [-0.2, -0.15) is 0 Å². The summed E-state index contributed by atoms with van der Waals surface area (Å²) in [5.41, 5.74) is 0.178. The number of amides is 1. The van der Waals surface area contributed by atoms with Gasteiger partial charge in [0.2, 0.25) is 5.91 Å². The van der Waals surface area contributed by atoms with E-state index in [9.17, 15) is 14.7 Å². The van der Waals surface area contributed by atoms with Crippen LogP contribution in [0.4, 0.5) is 0 Å². The number of nitrogens with zero attached hydrogens (tertiary/aromatic N) is 1. The van der Waals surface area contributed by atoms with Gasteiger partial charge >= 0.3 is 5.97 Å². The first-order valence-corrected chi connectivity index (χ1v) is 8.48. The fourth-order valence-corrected chi connectivity index (χ4v) is 3.35. The SMILES string of the molecule is COc1ccc2cc(CN(C)C(=O)CC3(C(=O)O)CCC3)ccc2c1. The average Bonchev–Trinajstić information content (AvgIpc) is 2.56. The summed E-state index contributed by atoms with van der Waals surface area (Å²) in [4.78, 5) is 25.5. The molecule has 0 spiro atoms. The summed E-state index contributed by atoms with van der Waals surface area (Å²) >= 11 is 0. The smallest absolute Gasteiger partial charge is 0.310 e. The van der Waals surface area contributed by atoms with Crippen LogP contribution in [0.5, 0.6) is 5.75 Å². The van der Waals surface area contributed by atoms with Gasteiger partial charge in [0.15, 0.2) is 0 Å². The zero-order valence-electron chi connectivity index (χ0n) is 14.6. The minimum Gasteiger partial charge on any atom is -0.497 e. The molecule has 1 saturated carbocycles. The lowest BCUT2D eigenvalue weighted by atomic mass is 9.66. The summed E-state index contributed by atoms with van der Waals surface area (Å²) in [5.74, 6) is -0.149. The molecule has 1 aliphatic carbocycles. The monoisotopic (exact) mass is 341 g/mol. The highest BCUT2D eigenvalue weighted by molar-refractivity contribution is 5.86. The summed E-state index contributed by atoms with van der Waals surface area (Å²) < 4.78 is 5.23. The Morgan fingerprint density at radius 1 is 1.16 bits per heavy atom. The Labute approximate surface area is 147 Å². The van der Waals surface area contributed by atoms with Crippen LogP contribution in [0.2, 0.25) is 0 Å². The third-order valence-electron chi connectivity index (χ3n) is 5.21. The van der Waals surface area contributed by atoms with Crippen LogP contribution in [0.25, 0.3) is 10.8 Å². The van der Waals surface area contributed by atoms with E-state index in [2.05, 4.69) is 6.07 Å². The van der Waals surface area contributed by atoms with E-state index >= 15 is 0 Å². The van der Waals surface area contributed by atoms with Crippen LogP contribution < -0.4 is 4.74 Å². The number of methoxy groups -OCH3 is 1. The van der Waals surface area contributed by atoms with Gasteiger partial charge in [0.1, 0.15) is 5.75 Å². The van der Waals surface area contributed by atoms with Gasteiger partial charge < -0.3 is 14.7 Å². The highest BCUT2D eigenvalue weighted by Crippen LogP contribution is 2.44. The van der Waals surface area contributed by atoms with Crippen molar-refractivity contribution in [2.75, 3.05) is 14.2 Å². The largest absolute Gasteiger partial charge is 0.497 e. The molecule has 5 heteroatoms. The summed E-state index contributed by atoms with van der Waals surface area (Å²) in [5, 5.41) is 11.5. The van der Waals surface area contributed by atoms with Crippen molar-refractivity contribution in [2.45, 2.75) is 32.2 Å². The average molecular weight is 341 g/mol. The molecule has 0 heterocycles. The molecule has 1 aliphatic rings. The zero-order valence-corrected chi connectivity index (χ0v) is 14.6. The lowest BCUT2D eigenvalue weighted by Gasteiger charge is -2.38. The Hall–Kier alpha value is -2.56. The molecule has 2 aromatic rings. The quantitative estimate of drug-likeness (QED) is 0.874. The molecule has 2 aromatic carbocycles. The summed E-state index contributed by atoms with van der Waals surface area (Å²) in [7, 11) is 3.37. The predicted molar refractivity (Wildman–Crippen MR) is 95.5 cm³/mol. The number of carboxylic acid groups (broad SMARTS) is 1. The van der Waals surface area contributed by atoms with Crippen molar-refractivity contribution in [3.05, 3.63) is 42.0 Å². The predicted octanol–water partition coefficient (Wildman–Crippen LogP) is 3.45. The van der Waals surface area contributed by atoms with E-state index in [1.54, 1.807) is 19.1 Å². The molecule has 1 fully saturated rings. The second-order valence-electron chi connectivity index (χ2n) is 6.91. The van der Waals surface area contributed by atoms with Crippen molar-refractivity contribution >= 4 is 22.6 Å². The molecule has 3 rings (SSSR count). The van der Waals surface area contributed by atoms with Crippen molar-refractivity contribution in [2.24, 2.45) is 5.41 Å². The second-order valence-corrected chi connectivity index (χ2v) is 6.91. The van der Waals surface area contributed by atoms with Crippen LogP contribution in [-0.2, 0) is 16.1 Å². The number of ether oxygens (including phenoxy) is 1. The minimum atomic E-state index is -0.847. The normalized spacial score (nSPS) is 15.4. The fourth-order valence-electron chi connectivity index (χ4n) is 3.35. The van der Waals surface area contributed by atoms with E-state index in [4.69, 9.17) is 4.74 Å². The summed E-state index contributed by atoms with van der Waals surface area (Å²) in [6, 6.07) is 11.9. The molecule has 0 saturated heterocycles. The van der Waals surface area contributed by atoms with E-state index < -0.39 is 11.4 Å². The van der Waals surface area contributed by atoms with Gasteiger partial charge in [-0.25, -0.2) is 0 Å². The van der Waals surface area contributed by atoms with Gasteiger partial charge in [-0.1, -0.05) is 24.6 Å². The van der Waals surface area contributed by atoms with Crippen LogP contribution >= 0.6 is 0 Å². The molecule has 0 aliphatic heterocycles. The van der Waals surface area contributed by atoms with Gasteiger partial charge in [0.05, 0.1) is 12.5 Å². The Balaban J connectivity index is 1.69. The number of hydrogen-bond donors (Lipinski definition) is 1. The Bertz CT molecular complexity index is 810. The van der Waals surface area contributed by atoms with E-state index in [0.29, 0.717) is 19.4 Å². The molecule has 1 amide bonds. The van der Waals surface area contributed by atoms with E-state index in [1.165, 1.54) is 0 Å². The number of hydrogen-bond acceptors (Lipinski definition) is 3. The van der Waals surface area contributed by atoms with Gasteiger partial charge in [-0.15, -0.1) is 0 Å². The minimum absolute atomic E-state index is 0.0869. The van der Waals surface area contributed by atoms with Gasteiger partial charge in [-0.05, 0) is 47.4 Å². The van der Waals surface area contributed by atoms with Gasteiger partial charge in [-0.3, -0.25) is 9.59 Å². The maximum Gasteiger partial charge on any atom is 0.310 e. The topological polar surface area (TPSA) is 66.8 Å². The Kier molecular flexibility index (Phi) is 4.66. The van der Waals surface area contributed by atoms with Gasteiger partial charge in [0, 0.05) is 20.0 Å². The third kappa shape index (κ3) is 3.45. The number of rotatable bonds is 6. The summed E-state index contributed by atoms with van der Waals surface area (Å²) in [6.45, 7) is 0.469. The zero-order chi connectivity index (χ0) is 18.0. The van der Waals surface area contributed by atoms with Crippen LogP contribution in [0.15, 0.2) is 36.4 Å². The molecule has 0 bridgehead atoms. The van der Waals surface area contributed by atoms with Crippen molar-refractivity contribution in [1.82, 2.24) is 4.90 Å². The molecule has 1 N–H and O–H groups in total. The number of carbonyl (C=O) groups is 2. The molecule has 0 atom stereocenters. The van der Waals surface area contributed by atoms with E-state index in [1.807, 2.05) is 30.3 Å². The Morgan fingerprint density at radius 3 is 2.44 bits per heavy atom. The number of carbonyl (C=O) groups excluding carboxylic acids is 1. The maximum absolute atomic E-state index is 12.5. The lowest BCUT2D eigenvalue weighted by molar-refractivity contribution is -0.159. The molecule has 132 valence electrons. The van der Waals surface area contributed by atoms with Crippen LogP contribution in [0.1, 0.15) is 31.2 Å². The highest BCUT2D eigenvalue weighted by Gasteiger charge is 2.46. The molecular formula is C20H23NO4. The Morgan fingerprint density at radius 2 is 1.84 bits per heavy atom. The molecule has 0 aromatic heterocycles. The molecule has 25 heavy (non-hydrogen) atoms. The van der Waals surface area contributed by atoms with E-state index in [-0.39, 0.29) is 12.3 Å². The van der Waals surface area contributed by atoms with Crippen LogP contribution in [0.3, 0.4) is 0 Å².